The van der Waals surface area contributed by atoms with Crippen molar-refractivity contribution in [3.63, 3.8) is 0 Å². The van der Waals surface area contributed by atoms with E-state index in [1.165, 1.54) is 6.07 Å². The second-order valence-electron chi connectivity index (χ2n) is 4.94. The molecule has 1 heterocycles. The first-order valence-electron chi connectivity index (χ1n) is 6.92. The van der Waals surface area contributed by atoms with E-state index in [1.807, 2.05) is 0 Å². The average Bonchev–Trinajstić information content (AvgIpc) is 3.05. The normalized spacial score (nSPS) is 11.4. The quantitative estimate of drug-likeness (QED) is 0.720. The Morgan fingerprint density at radius 3 is 2.40 bits per heavy atom. The second kappa shape index (κ2) is 6.34. The van der Waals surface area contributed by atoms with Gasteiger partial charge in [0.05, 0.1) is 5.56 Å². The van der Waals surface area contributed by atoms with E-state index >= 15 is 0 Å². The van der Waals surface area contributed by atoms with Gasteiger partial charge in [0.25, 0.3) is 5.91 Å². The van der Waals surface area contributed by atoms with Gasteiger partial charge >= 0.3 is 12.1 Å². The number of nitrogens with zero attached hydrogens (tertiary/aromatic N) is 2. The number of rotatable bonds is 3. The molecule has 2 aromatic carbocycles. The first-order valence-corrected chi connectivity index (χ1v) is 6.92. The van der Waals surface area contributed by atoms with Gasteiger partial charge in [0, 0.05) is 11.3 Å². The predicted molar refractivity (Wildman–Crippen MR) is 79.1 cm³/mol. The van der Waals surface area contributed by atoms with Crippen LogP contribution >= 0.6 is 0 Å². The Morgan fingerprint density at radius 2 is 1.80 bits per heavy atom. The number of nitrogens with one attached hydrogen (secondary N) is 1. The minimum absolute atomic E-state index is 0.00959. The maximum Gasteiger partial charge on any atom is 0.471 e. The number of aromatic nitrogens is 2. The molecule has 128 valence electrons. The van der Waals surface area contributed by atoms with Crippen LogP contribution in [0.15, 0.2) is 53.1 Å². The highest BCUT2D eigenvalue weighted by Gasteiger charge is 2.38. The first-order chi connectivity index (χ1) is 11.8. The lowest BCUT2D eigenvalue weighted by Gasteiger charge is -2.06. The molecular weight excluding hydrogens is 342 g/mol. The van der Waals surface area contributed by atoms with Crippen LogP contribution in [0.5, 0.6) is 0 Å². The first kappa shape index (κ1) is 16.6. The molecule has 0 spiro atoms. The maximum absolute atomic E-state index is 14.2. The van der Waals surface area contributed by atoms with Gasteiger partial charge in [-0.1, -0.05) is 23.4 Å². The molecule has 0 aliphatic carbocycles. The summed E-state index contributed by atoms with van der Waals surface area (Å²) in [6.07, 6.45) is -4.82. The topological polar surface area (TPSA) is 68.0 Å². The Balaban J connectivity index is 1.83. The highest BCUT2D eigenvalue weighted by atomic mass is 19.4. The Labute approximate surface area is 138 Å². The van der Waals surface area contributed by atoms with Gasteiger partial charge in [-0.2, -0.15) is 18.2 Å². The van der Waals surface area contributed by atoms with Crippen LogP contribution in [0.1, 0.15) is 16.2 Å². The molecule has 0 fully saturated rings. The standard InChI is InChI=1S/C16H9F4N3O2/c17-12-8-9(14(24)21-10-4-2-1-3-5-10)6-7-11(12)13-22-15(25-23-13)16(18,19)20/h1-8H,(H,21,24). The van der Waals surface area contributed by atoms with Crippen LogP contribution < -0.4 is 5.32 Å². The van der Waals surface area contributed by atoms with Gasteiger partial charge in [-0.3, -0.25) is 4.79 Å². The molecule has 0 atom stereocenters. The van der Waals surface area contributed by atoms with Crippen LogP contribution in [0, 0.1) is 5.82 Å². The number of para-hydroxylation sites is 1. The van der Waals surface area contributed by atoms with Crippen molar-refractivity contribution in [2.45, 2.75) is 6.18 Å². The average molecular weight is 351 g/mol. The van der Waals surface area contributed by atoms with E-state index in [2.05, 4.69) is 20.0 Å². The third kappa shape index (κ3) is 3.65. The van der Waals surface area contributed by atoms with E-state index in [4.69, 9.17) is 0 Å². The van der Waals surface area contributed by atoms with Crippen molar-refractivity contribution >= 4 is 11.6 Å². The summed E-state index contributed by atoms with van der Waals surface area (Å²) in [7, 11) is 0. The fraction of sp³-hybridized carbons (Fsp3) is 0.0625. The van der Waals surface area contributed by atoms with E-state index in [9.17, 15) is 22.4 Å². The number of carbonyl (C=O) groups is 1. The minimum Gasteiger partial charge on any atom is -0.329 e. The lowest BCUT2D eigenvalue weighted by atomic mass is 10.1. The number of anilines is 1. The molecule has 0 bridgehead atoms. The Hall–Kier alpha value is -3.23. The summed E-state index contributed by atoms with van der Waals surface area (Å²) in [4.78, 5) is 15.2. The summed E-state index contributed by atoms with van der Waals surface area (Å²) < 4.78 is 55.6. The highest BCUT2D eigenvalue weighted by molar-refractivity contribution is 6.04. The SMILES string of the molecule is O=C(Nc1ccccc1)c1ccc(-c2noc(C(F)(F)F)n2)c(F)c1. The van der Waals surface area contributed by atoms with Crippen molar-refractivity contribution in [2.24, 2.45) is 0 Å². The highest BCUT2D eigenvalue weighted by Crippen LogP contribution is 2.30. The second-order valence-corrected chi connectivity index (χ2v) is 4.94. The molecule has 0 unspecified atom stereocenters. The van der Waals surface area contributed by atoms with Crippen molar-refractivity contribution in [2.75, 3.05) is 5.32 Å². The molecule has 0 saturated carbocycles. The third-order valence-electron chi connectivity index (χ3n) is 3.17. The van der Waals surface area contributed by atoms with Crippen LogP contribution in [-0.4, -0.2) is 16.0 Å². The van der Waals surface area contributed by atoms with E-state index in [-0.39, 0.29) is 11.1 Å². The molecule has 0 radical (unpaired) electrons. The van der Waals surface area contributed by atoms with Gasteiger partial charge < -0.3 is 9.84 Å². The predicted octanol–water partition coefficient (Wildman–Crippen LogP) is 4.15. The monoisotopic (exact) mass is 351 g/mol. The van der Waals surface area contributed by atoms with Gasteiger partial charge in [-0.15, -0.1) is 0 Å². The smallest absolute Gasteiger partial charge is 0.329 e. The zero-order chi connectivity index (χ0) is 18.0. The molecule has 0 aliphatic rings. The molecule has 5 nitrogen and oxygen atoms in total. The molecule has 0 saturated heterocycles. The number of benzene rings is 2. The van der Waals surface area contributed by atoms with Crippen molar-refractivity contribution in [3.8, 4) is 11.4 Å². The zero-order valence-corrected chi connectivity index (χ0v) is 12.3. The number of amides is 1. The molecule has 1 amide bonds. The summed E-state index contributed by atoms with van der Waals surface area (Å²) in [5, 5.41) is 5.67. The van der Waals surface area contributed by atoms with Gasteiger partial charge in [-0.25, -0.2) is 4.39 Å². The van der Waals surface area contributed by atoms with E-state index in [0.717, 1.165) is 12.1 Å². The Kier molecular flexibility index (Phi) is 4.22. The fourth-order valence-corrected chi connectivity index (χ4v) is 2.01. The van der Waals surface area contributed by atoms with Gasteiger partial charge in [0.15, 0.2) is 0 Å². The summed E-state index contributed by atoms with van der Waals surface area (Å²) in [5.74, 6) is -3.65. The largest absolute Gasteiger partial charge is 0.471 e. The fourth-order valence-electron chi connectivity index (χ4n) is 2.01. The van der Waals surface area contributed by atoms with Crippen molar-refractivity contribution in [1.82, 2.24) is 10.1 Å². The van der Waals surface area contributed by atoms with E-state index in [0.29, 0.717) is 5.69 Å². The lowest BCUT2D eigenvalue weighted by Crippen LogP contribution is -2.12. The molecular formula is C16H9F4N3O2. The number of hydrogen-bond donors (Lipinski definition) is 1. The molecule has 3 rings (SSSR count). The molecule has 0 aliphatic heterocycles. The number of carbonyl (C=O) groups excluding carboxylic acids is 1. The van der Waals surface area contributed by atoms with E-state index < -0.39 is 29.6 Å². The zero-order valence-electron chi connectivity index (χ0n) is 12.3. The lowest BCUT2D eigenvalue weighted by molar-refractivity contribution is -0.159. The summed E-state index contributed by atoms with van der Waals surface area (Å²) in [6, 6.07) is 11.8. The van der Waals surface area contributed by atoms with Gasteiger partial charge in [0.1, 0.15) is 5.82 Å². The van der Waals surface area contributed by atoms with Crippen LogP contribution in [0.2, 0.25) is 0 Å². The van der Waals surface area contributed by atoms with Crippen LogP contribution in [0.4, 0.5) is 23.2 Å². The molecule has 25 heavy (non-hydrogen) atoms. The summed E-state index contributed by atoms with van der Waals surface area (Å²) in [6.45, 7) is 0. The van der Waals surface area contributed by atoms with Crippen molar-refractivity contribution < 1.29 is 26.9 Å². The van der Waals surface area contributed by atoms with Gasteiger partial charge in [0.2, 0.25) is 5.82 Å². The molecule has 1 aromatic heterocycles. The number of alkyl halides is 3. The Bertz CT molecular complexity index is 907. The third-order valence-corrected chi connectivity index (χ3v) is 3.17. The molecule has 9 heteroatoms. The van der Waals surface area contributed by atoms with E-state index in [1.54, 1.807) is 30.3 Å². The van der Waals surface area contributed by atoms with Crippen LogP contribution in [0.25, 0.3) is 11.4 Å². The number of hydrogen-bond acceptors (Lipinski definition) is 4. The van der Waals surface area contributed by atoms with Crippen molar-refractivity contribution in [1.29, 1.82) is 0 Å². The van der Waals surface area contributed by atoms with Crippen LogP contribution in [-0.2, 0) is 6.18 Å². The summed E-state index contributed by atoms with van der Waals surface area (Å²) >= 11 is 0. The number of halogens is 4. The van der Waals surface area contributed by atoms with Crippen molar-refractivity contribution in [3.05, 3.63) is 65.8 Å². The Morgan fingerprint density at radius 1 is 1.08 bits per heavy atom. The summed E-state index contributed by atoms with van der Waals surface area (Å²) in [5.41, 5.74) is 0.199. The maximum atomic E-state index is 14.2. The van der Waals surface area contributed by atoms with Crippen LogP contribution in [0.3, 0.4) is 0 Å². The minimum atomic E-state index is -4.82. The molecule has 1 N–H and O–H groups in total. The molecule has 3 aromatic rings. The van der Waals surface area contributed by atoms with Gasteiger partial charge in [-0.05, 0) is 30.3 Å².